The van der Waals surface area contributed by atoms with Gasteiger partial charge in [-0.15, -0.1) is 0 Å². The number of nitrogens with zero attached hydrogens (tertiary/aromatic N) is 4. The van der Waals surface area contributed by atoms with Gasteiger partial charge in [0.05, 0.1) is 13.9 Å². The number of hydrogen-bond donors (Lipinski definition) is 1. The van der Waals surface area contributed by atoms with E-state index in [2.05, 4.69) is 0 Å². The predicted molar refractivity (Wildman–Crippen MR) is 134 cm³/mol. The molecule has 1 N–H and O–H groups in total. The molecule has 0 amide bonds. The van der Waals surface area contributed by atoms with Gasteiger partial charge in [0.15, 0.2) is 34.7 Å². The number of alkyl halides is 1. The average Bonchev–Trinajstić information content (AvgIpc) is 3.36. The van der Waals surface area contributed by atoms with Crippen LogP contribution in [0.1, 0.15) is 25.1 Å². The molecule has 0 atom stereocenters. The Balaban J connectivity index is 0.000000388. The Labute approximate surface area is 258 Å². The Morgan fingerprint density at radius 1 is 0.714 bits per heavy atom. The summed E-state index contributed by atoms with van der Waals surface area (Å²) in [5.41, 5.74) is -3.58. The number of hydrogen-bond acceptors (Lipinski definition) is 6. The smallest absolute Gasteiger partial charge is 1.00 e. The van der Waals surface area contributed by atoms with Gasteiger partial charge in [-0.25, -0.2) is 22.0 Å². The first-order valence-electron chi connectivity index (χ1n) is 11.6. The van der Waals surface area contributed by atoms with E-state index < -0.39 is 69.8 Å². The molecule has 0 aliphatic rings. The van der Waals surface area contributed by atoms with Crippen LogP contribution < -0.4 is 29.6 Å². The molecule has 0 aliphatic heterocycles. The molecule has 0 saturated heterocycles. The van der Waals surface area contributed by atoms with E-state index in [1.54, 1.807) is 36.4 Å². The number of aromatic hydroxyl groups is 1. The van der Waals surface area contributed by atoms with E-state index in [4.69, 9.17) is 26.8 Å². The molecule has 42 heavy (non-hydrogen) atoms. The zero-order chi connectivity index (χ0) is 31.1. The van der Waals surface area contributed by atoms with Gasteiger partial charge in [0.25, 0.3) is 0 Å². The van der Waals surface area contributed by atoms with Crippen molar-refractivity contribution in [1.82, 2.24) is 0 Å². The van der Waals surface area contributed by atoms with Crippen LogP contribution in [-0.2, 0) is 0 Å². The Morgan fingerprint density at radius 2 is 1.19 bits per heavy atom. The number of nitriles is 4. The van der Waals surface area contributed by atoms with E-state index in [1.807, 2.05) is 0 Å². The Kier molecular flexibility index (Phi) is 10.6. The number of fused-ring (bicyclic) bond motifs is 3. The summed E-state index contributed by atoms with van der Waals surface area (Å²) in [6, 6.07) is 17.6. The number of rotatable bonds is 1. The Morgan fingerprint density at radius 3 is 1.76 bits per heavy atom. The van der Waals surface area contributed by atoms with Crippen molar-refractivity contribution in [2.24, 2.45) is 0 Å². The quantitative estimate of drug-likeness (QED) is 0.174. The molecule has 0 spiro atoms. The van der Waals surface area contributed by atoms with Crippen LogP contribution >= 0.6 is 0 Å². The van der Waals surface area contributed by atoms with Gasteiger partial charge in [-0.3, -0.25) is 4.39 Å². The van der Waals surface area contributed by atoms with Crippen LogP contribution in [0.2, 0.25) is 0 Å². The normalized spacial score (nSPS) is 9.90. The topological polar surface area (TPSA) is 129 Å². The zero-order valence-corrected chi connectivity index (χ0v) is 23.2. The van der Waals surface area contributed by atoms with Crippen LogP contribution in [-0.4, -0.2) is 12.3 Å². The minimum absolute atomic E-state index is 0. The van der Waals surface area contributed by atoms with Crippen LogP contribution in [0, 0.1) is 74.4 Å². The second kappa shape index (κ2) is 14.1. The maximum atomic E-state index is 14.1. The zero-order valence-electron chi connectivity index (χ0n) is 23.2. The third kappa shape index (κ3) is 5.61. The molecule has 4 aromatic carbocycles. The van der Waals surface area contributed by atoms with Gasteiger partial charge in [0, 0.05) is 16.5 Å². The summed E-state index contributed by atoms with van der Waals surface area (Å²) in [6.07, 6.45) is 0. The second-order valence-electron chi connectivity index (χ2n) is 7.71. The molecule has 1 aromatic heterocycles. The standard InChI is InChI=1S/C14H5F3N2O.C14H4F2N2O.CH3F.Na.H/c15-12-9(6-19)14(17)13(16)8(5-18)11(12)7-3-1-2-4-10(7)20;15-12-8(5-17)11-7-3-1-2-4-10(7)19-14(11)9(6-18)13(12)16;1-2;;/h1-4,20H;1-4H;1H3;;/q;;;+1;-1/i;;1D;;. The fourth-order valence-corrected chi connectivity index (χ4v) is 3.90. The van der Waals surface area contributed by atoms with Gasteiger partial charge in [0.1, 0.15) is 57.9 Å². The average molecular weight is 587 g/mol. The summed E-state index contributed by atoms with van der Waals surface area (Å²) in [7, 11) is -1.00. The minimum atomic E-state index is -1.72. The molecule has 0 saturated carbocycles. The summed E-state index contributed by atoms with van der Waals surface area (Å²) >= 11 is 0. The third-order valence-corrected chi connectivity index (χ3v) is 5.65. The number of phenolic OH excluding ortho intramolecular Hbond substituents is 1. The number of furan rings is 1. The van der Waals surface area contributed by atoms with Crippen LogP contribution in [0.5, 0.6) is 5.75 Å². The van der Waals surface area contributed by atoms with Gasteiger partial charge < -0.3 is 11.0 Å². The predicted octanol–water partition coefficient (Wildman–Crippen LogP) is 4.53. The molecule has 0 bridgehead atoms. The van der Waals surface area contributed by atoms with Crippen molar-refractivity contribution < 1.29 is 68.2 Å². The Bertz CT molecular complexity index is 2030. The van der Waals surface area contributed by atoms with E-state index in [-0.39, 0.29) is 47.5 Å². The van der Waals surface area contributed by atoms with Gasteiger partial charge >= 0.3 is 29.6 Å². The molecule has 0 fully saturated rings. The third-order valence-electron chi connectivity index (χ3n) is 5.65. The first-order valence-corrected chi connectivity index (χ1v) is 10.9. The second-order valence-corrected chi connectivity index (χ2v) is 7.71. The molecule has 5 rings (SSSR count). The van der Waals surface area contributed by atoms with Crippen molar-refractivity contribution in [3.63, 3.8) is 0 Å². The molecule has 13 heteroatoms. The molecule has 1 heterocycles. The van der Waals surface area contributed by atoms with Crippen LogP contribution in [0.4, 0.5) is 26.3 Å². The van der Waals surface area contributed by atoms with Gasteiger partial charge in [0.2, 0.25) is 0 Å². The molecule has 204 valence electrons. The van der Waals surface area contributed by atoms with E-state index in [0.29, 0.717) is 11.0 Å². The fourth-order valence-electron chi connectivity index (χ4n) is 3.90. The van der Waals surface area contributed by atoms with Gasteiger partial charge in [-0.05, 0) is 12.1 Å². The van der Waals surface area contributed by atoms with Gasteiger partial charge in [-0.1, -0.05) is 36.4 Å². The monoisotopic (exact) mass is 587 g/mol. The van der Waals surface area contributed by atoms with Crippen molar-refractivity contribution in [3.8, 4) is 41.2 Å². The summed E-state index contributed by atoms with van der Waals surface area (Å²) in [5.74, 6) is -7.82. The molecule has 0 unspecified atom stereocenters. The van der Waals surface area contributed by atoms with Crippen molar-refractivity contribution in [3.05, 3.63) is 99.9 Å². The molecular weight excluding hydrogens is 573 g/mol. The number of para-hydroxylation sites is 2. The van der Waals surface area contributed by atoms with Crippen LogP contribution in [0.25, 0.3) is 33.1 Å². The number of benzene rings is 4. The van der Waals surface area contributed by atoms with Crippen LogP contribution in [0.3, 0.4) is 0 Å². The largest absolute Gasteiger partial charge is 1.00 e. The molecular formula is C29H13F6N4NaO2. The first-order chi connectivity index (χ1) is 20.1. The molecule has 6 nitrogen and oxygen atoms in total. The summed E-state index contributed by atoms with van der Waals surface area (Å²) in [6.45, 7) is 0. The molecule has 0 radical (unpaired) electrons. The number of phenols is 1. The van der Waals surface area contributed by atoms with E-state index >= 15 is 0 Å². The molecule has 5 aromatic rings. The Hall–Kier alpha value is -4.98. The van der Waals surface area contributed by atoms with Crippen molar-refractivity contribution in [2.45, 2.75) is 0 Å². The fraction of sp³-hybridized carbons (Fsp3) is 0.0345. The first kappa shape index (κ1) is 31.5. The van der Waals surface area contributed by atoms with E-state index in [1.165, 1.54) is 36.4 Å². The summed E-state index contributed by atoms with van der Waals surface area (Å²) in [5, 5.41) is 45.8. The number of halogens is 6. The maximum Gasteiger partial charge on any atom is 1.00 e. The van der Waals surface area contributed by atoms with Gasteiger partial charge in [-0.2, -0.15) is 21.0 Å². The SMILES string of the molecule is N#Cc1c(F)c(F)c(C#N)c(-c2ccccc2O)c1F.N#Cc1c(F)c(F)c(C#N)c2c1oc1ccccc12.[2H]CF.[H-].[Na+]. The maximum absolute atomic E-state index is 14.1. The van der Waals surface area contributed by atoms with Crippen molar-refractivity contribution in [2.75, 3.05) is 7.15 Å². The summed E-state index contributed by atoms with van der Waals surface area (Å²) in [4.78, 5) is 0. The van der Waals surface area contributed by atoms with E-state index in [0.717, 1.165) is 0 Å². The summed E-state index contributed by atoms with van der Waals surface area (Å²) < 4.78 is 89.7. The minimum Gasteiger partial charge on any atom is -1.00 e. The van der Waals surface area contributed by atoms with Crippen molar-refractivity contribution >= 4 is 21.9 Å². The molecule has 0 aliphatic carbocycles. The van der Waals surface area contributed by atoms with E-state index in [9.17, 15) is 31.4 Å². The van der Waals surface area contributed by atoms with Crippen molar-refractivity contribution in [1.29, 1.82) is 21.0 Å². The van der Waals surface area contributed by atoms with Crippen LogP contribution in [0.15, 0.2) is 52.9 Å².